The van der Waals surface area contributed by atoms with E-state index in [1.165, 1.54) is 36.4 Å². The van der Waals surface area contributed by atoms with E-state index in [2.05, 4.69) is 0 Å². The Morgan fingerprint density at radius 3 is 1.76 bits per heavy atom. The fraction of sp³-hybridized carbons (Fsp3) is 0.0714. The lowest BCUT2D eigenvalue weighted by molar-refractivity contribution is -0.139. The first-order valence-corrected chi connectivity index (χ1v) is 7.40. The van der Waals surface area contributed by atoms with Gasteiger partial charge in [-0.2, -0.15) is 8.42 Å². The molecule has 0 spiro atoms. The number of carbonyl (C=O) groups is 1. The SMILES string of the molecule is O=C(O)C1(S(=O)(=O)O)c2ccccc2Oc2ccccc21. The zero-order chi connectivity index (χ0) is 15.3. The lowest BCUT2D eigenvalue weighted by Gasteiger charge is -2.33. The second-order valence-electron chi connectivity index (χ2n) is 4.56. The van der Waals surface area contributed by atoms with Crippen LogP contribution < -0.4 is 4.74 Å². The number of aliphatic carboxylic acids is 1. The van der Waals surface area contributed by atoms with Gasteiger partial charge in [0.15, 0.2) is 0 Å². The third-order valence-electron chi connectivity index (χ3n) is 3.44. The first kappa shape index (κ1) is 13.6. The summed E-state index contributed by atoms with van der Waals surface area (Å²) in [5.74, 6) is -1.53. The van der Waals surface area contributed by atoms with Crippen molar-refractivity contribution in [2.45, 2.75) is 4.75 Å². The minimum Gasteiger partial charge on any atom is -0.479 e. The van der Waals surface area contributed by atoms with E-state index >= 15 is 0 Å². The number of carboxylic acids is 1. The molecular weight excluding hydrogens is 296 g/mol. The van der Waals surface area contributed by atoms with E-state index in [0.717, 1.165) is 0 Å². The van der Waals surface area contributed by atoms with E-state index in [-0.39, 0.29) is 22.6 Å². The molecule has 0 fully saturated rings. The average Bonchev–Trinajstić information content (AvgIpc) is 2.42. The number of rotatable bonds is 2. The Hall–Kier alpha value is -2.38. The first-order valence-electron chi connectivity index (χ1n) is 5.96. The highest BCUT2D eigenvalue weighted by molar-refractivity contribution is 7.87. The highest BCUT2D eigenvalue weighted by Crippen LogP contribution is 2.50. The Bertz CT molecular complexity index is 795. The minimum absolute atomic E-state index is 0.0798. The standard InChI is InChI=1S/C14H10O6S/c15-13(16)14(21(17,18)19)9-5-1-3-7-11(9)20-12-8-4-2-6-10(12)14/h1-8H,(H,15,16)(H,17,18,19). The van der Waals surface area contributed by atoms with E-state index in [0.29, 0.717) is 0 Å². The van der Waals surface area contributed by atoms with E-state index in [9.17, 15) is 22.9 Å². The van der Waals surface area contributed by atoms with Crippen molar-refractivity contribution in [3.8, 4) is 11.5 Å². The summed E-state index contributed by atoms with van der Waals surface area (Å²) in [5.41, 5.74) is -0.252. The number of benzene rings is 2. The summed E-state index contributed by atoms with van der Waals surface area (Å²) in [5, 5.41) is 9.62. The zero-order valence-corrected chi connectivity index (χ0v) is 11.4. The predicted octanol–water partition coefficient (Wildman–Crippen LogP) is 2.01. The average molecular weight is 306 g/mol. The van der Waals surface area contributed by atoms with Gasteiger partial charge in [0, 0.05) is 11.1 Å². The van der Waals surface area contributed by atoms with E-state index in [1.54, 1.807) is 12.1 Å². The molecule has 0 saturated heterocycles. The minimum atomic E-state index is -4.99. The van der Waals surface area contributed by atoms with E-state index in [1.807, 2.05) is 0 Å². The Kier molecular flexibility index (Phi) is 2.79. The summed E-state index contributed by atoms with van der Waals surface area (Å²) in [4.78, 5) is 11.9. The van der Waals surface area contributed by atoms with Crippen molar-refractivity contribution in [3.63, 3.8) is 0 Å². The number of hydrogen-bond acceptors (Lipinski definition) is 4. The van der Waals surface area contributed by atoms with Crippen molar-refractivity contribution < 1.29 is 27.6 Å². The summed E-state index contributed by atoms with van der Waals surface area (Å²) in [6.45, 7) is 0. The Morgan fingerprint density at radius 2 is 1.38 bits per heavy atom. The van der Waals surface area contributed by atoms with E-state index < -0.39 is 20.8 Å². The lowest BCUT2D eigenvalue weighted by Crippen LogP contribution is -2.46. The van der Waals surface area contributed by atoms with Gasteiger partial charge in [-0.15, -0.1) is 0 Å². The topological polar surface area (TPSA) is 101 Å². The van der Waals surface area contributed by atoms with Gasteiger partial charge in [0.2, 0.25) is 0 Å². The molecule has 7 heteroatoms. The quantitative estimate of drug-likeness (QED) is 0.823. The van der Waals surface area contributed by atoms with Crippen molar-refractivity contribution in [1.82, 2.24) is 0 Å². The van der Waals surface area contributed by atoms with Crippen LogP contribution in [0.2, 0.25) is 0 Å². The Morgan fingerprint density at radius 1 is 0.952 bits per heavy atom. The molecule has 0 unspecified atom stereocenters. The third-order valence-corrected chi connectivity index (χ3v) is 4.83. The lowest BCUT2D eigenvalue weighted by atomic mass is 9.87. The fourth-order valence-electron chi connectivity index (χ4n) is 2.58. The fourth-order valence-corrected chi connectivity index (χ4v) is 3.69. The number of carboxylic acid groups (broad SMARTS) is 1. The summed E-state index contributed by atoms with van der Waals surface area (Å²) >= 11 is 0. The van der Waals surface area contributed by atoms with Crippen LogP contribution in [0.3, 0.4) is 0 Å². The summed E-state index contributed by atoms with van der Waals surface area (Å²) < 4.78 is 36.6. The molecule has 1 aliphatic rings. The van der Waals surface area contributed by atoms with Crippen molar-refractivity contribution in [2.24, 2.45) is 0 Å². The molecule has 2 aromatic carbocycles. The van der Waals surface area contributed by atoms with Crippen LogP contribution in [0.5, 0.6) is 11.5 Å². The van der Waals surface area contributed by atoms with Crippen LogP contribution in [-0.4, -0.2) is 24.0 Å². The molecule has 2 aromatic rings. The van der Waals surface area contributed by atoms with E-state index in [4.69, 9.17) is 4.74 Å². The molecule has 0 radical (unpaired) electrons. The third kappa shape index (κ3) is 1.68. The molecular formula is C14H10O6S. The molecule has 2 N–H and O–H groups in total. The Labute approximate surface area is 120 Å². The molecule has 0 aromatic heterocycles. The van der Waals surface area contributed by atoms with Gasteiger partial charge in [-0.25, -0.2) is 4.79 Å². The summed E-state index contributed by atoms with van der Waals surface area (Å²) in [7, 11) is -4.99. The van der Waals surface area contributed by atoms with Gasteiger partial charge in [0.05, 0.1) is 0 Å². The number of hydrogen-bond donors (Lipinski definition) is 2. The van der Waals surface area contributed by atoms with Gasteiger partial charge in [-0.1, -0.05) is 36.4 Å². The zero-order valence-electron chi connectivity index (χ0n) is 10.6. The molecule has 108 valence electrons. The number of ether oxygens (including phenoxy) is 1. The van der Waals surface area contributed by atoms with Crippen molar-refractivity contribution in [2.75, 3.05) is 0 Å². The van der Waals surface area contributed by atoms with Gasteiger partial charge < -0.3 is 9.84 Å². The predicted molar refractivity (Wildman–Crippen MR) is 72.9 cm³/mol. The molecule has 0 aliphatic carbocycles. The molecule has 0 amide bonds. The van der Waals surface area contributed by atoms with Gasteiger partial charge >= 0.3 is 5.97 Å². The maximum absolute atomic E-state index is 12.0. The second kappa shape index (κ2) is 4.31. The largest absolute Gasteiger partial charge is 0.479 e. The highest BCUT2D eigenvalue weighted by Gasteiger charge is 2.58. The number of fused-ring (bicyclic) bond motifs is 2. The van der Waals surface area contributed by atoms with Crippen LogP contribution >= 0.6 is 0 Å². The van der Waals surface area contributed by atoms with Crippen LogP contribution in [0.4, 0.5) is 0 Å². The normalized spacial score (nSPS) is 15.5. The number of para-hydroxylation sites is 2. The molecule has 1 aliphatic heterocycles. The Balaban J connectivity index is 2.52. The highest BCUT2D eigenvalue weighted by atomic mass is 32.2. The van der Waals surface area contributed by atoms with Gasteiger partial charge in [-0.3, -0.25) is 4.55 Å². The monoisotopic (exact) mass is 306 g/mol. The van der Waals surface area contributed by atoms with Crippen molar-refractivity contribution in [1.29, 1.82) is 0 Å². The molecule has 3 rings (SSSR count). The summed E-state index contributed by atoms with van der Waals surface area (Å²) in [6.07, 6.45) is 0. The van der Waals surface area contributed by atoms with Crippen LogP contribution in [0.1, 0.15) is 11.1 Å². The molecule has 0 saturated carbocycles. The summed E-state index contributed by atoms with van der Waals surface area (Å²) in [6, 6.07) is 11.7. The molecule has 0 atom stereocenters. The maximum atomic E-state index is 12.0. The van der Waals surface area contributed by atoms with Crippen LogP contribution in [0, 0.1) is 0 Å². The van der Waals surface area contributed by atoms with Crippen LogP contribution in [0.15, 0.2) is 48.5 Å². The smallest absolute Gasteiger partial charge is 0.337 e. The van der Waals surface area contributed by atoms with Crippen molar-refractivity contribution in [3.05, 3.63) is 59.7 Å². The molecule has 0 bridgehead atoms. The van der Waals surface area contributed by atoms with Gasteiger partial charge in [0.1, 0.15) is 11.5 Å². The van der Waals surface area contributed by atoms with Crippen LogP contribution in [0.25, 0.3) is 0 Å². The molecule has 6 nitrogen and oxygen atoms in total. The molecule has 21 heavy (non-hydrogen) atoms. The van der Waals surface area contributed by atoms with Gasteiger partial charge in [-0.05, 0) is 12.1 Å². The van der Waals surface area contributed by atoms with Crippen LogP contribution in [-0.2, 0) is 19.7 Å². The second-order valence-corrected chi connectivity index (χ2v) is 6.12. The first-order chi connectivity index (χ1) is 9.89. The molecule has 1 heterocycles. The van der Waals surface area contributed by atoms with Gasteiger partial charge in [0.25, 0.3) is 14.9 Å². The van der Waals surface area contributed by atoms with Crippen molar-refractivity contribution >= 4 is 16.1 Å². The maximum Gasteiger partial charge on any atom is 0.337 e.